The van der Waals surface area contributed by atoms with Gasteiger partial charge >= 0.3 is 0 Å². The fourth-order valence-corrected chi connectivity index (χ4v) is 2.63. The Balaban J connectivity index is 2.82. The number of rotatable bonds is 1. The molecule has 0 aliphatic rings. The van der Waals surface area contributed by atoms with Crippen LogP contribution >= 0.6 is 0 Å². The van der Waals surface area contributed by atoms with Gasteiger partial charge in [-0.05, 0) is 80.5 Å². The van der Waals surface area contributed by atoms with Gasteiger partial charge in [-0.3, -0.25) is 0 Å². The molecule has 0 spiro atoms. The van der Waals surface area contributed by atoms with Crippen molar-refractivity contribution in [3.63, 3.8) is 0 Å². The summed E-state index contributed by atoms with van der Waals surface area (Å²) in [5.41, 5.74) is 11.1. The van der Waals surface area contributed by atoms with Gasteiger partial charge in [0, 0.05) is 0 Å². The van der Waals surface area contributed by atoms with Gasteiger partial charge in [0.2, 0.25) is 0 Å². The van der Waals surface area contributed by atoms with Gasteiger partial charge in [-0.1, -0.05) is 29.8 Å². The first-order chi connectivity index (χ1) is 8.41. The van der Waals surface area contributed by atoms with Gasteiger partial charge < -0.3 is 0 Å². The van der Waals surface area contributed by atoms with Gasteiger partial charge in [0.05, 0.1) is 0 Å². The Morgan fingerprint density at radius 3 is 1.72 bits per heavy atom. The summed E-state index contributed by atoms with van der Waals surface area (Å²) in [7, 11) is 0. The SMILES string of the molecule is Cc1ccc(C)c(-c2c(C)c(C)cc(C)c2C)c1. The lowest BCUT2D eigenvalue weighted by atomic mass is 9.87. The zero-order valence-corrected chi connectivity index (χ0v) is 12.3. The van der Waals surface area contributed by atoms with Crippen molar-refractivity contribution in [1.29, 1.82) is 0 Å². The lowest BCUT2D eigenvalue weighted by Gasteiger charge is -2.17. The van der Waals surface area contributed by atoms with Crippen LogP contribution in [0.2, 0.25) is 0 Å². The van der Waals surface area contributed by atoms with Crippen molar-refractivity contribution < 1.29 is 0 Å². The van der Waals surface area contributed by atoms with Crippen LogP contribution in [0.4, 0.5) is 0 Å². The summed E-state index contributed by atoms with van der Waals surface area (Å²) in [6.45, 7) is 13.2. The molecule has 0 saturated carbocycles. The molecule has 0 amide bonds. The van der Waals surface area contributed by atoms with Crippen molar-refractivity contribution in [2.24, 2.45) is 0 Å². The minimum absolute atomic E-state index is 1.33. The van der Waals surface area contributed by atoms with Crippen LogP contribution in [0.1, 0.15) is 33.4 Å². The third-order valence-corrected chi connectivity index (χ3v) is 4.03. The maximum Gasteiger partial charge on any atom is -0.0117 e. The van der Waals surface area contributed by atoms with E-state index < -0.39 is 0 Å². The smallest absolute Gasteiger partial charge is 0.0117 e. The van der Waals surface area contributed by atoms with Crippen molar-refractivity contribution in [2.75, 3.05) is 0 Å². The minimum Gasteiger partial charge on any atom is -0.0590 e. The van der Waals surface area contributed by atoms with Gasteiger partial charge in [0.15, 0.2) is 0 Å². The second-order valence-electron chi connectivity index (χ2n) is 5.45. The molecule has 2 aromatic rings. The molecule has 0 N–H and O–H groups in total. The summed E-state index contributed by atoms with van der Waals surface area (Å²) >= 11 is 0. The van der Waals surface area contributed by atoms with Crippen molar-refractivity contribution >= 4 is 0 Å². The highest BCUT2D eigenvalue weighted by molar-refractivity contribution is 5.76. The van der Waals surface area contributed by atoms with E-state index in [0.29, 0.717) is 0 Å². The molecule has 0 nitrogen and oxygen atoms in total. The maximum atomic E-state index is 2.31. The zero-order valence-electron chi connectivity index (χ0n) is 12.3. The van der Waals surface area contributed by atoms with E-state index in [4.69, 9.17) is 0 Å². The van der Waals surface area contributed by atoms with E-state index in [1.807, 2.05) is 0 Å². The second-order valence-corrected chi connectivity index (χ2v) is 5.45. The van der Waals surface area contributed by atoms with Crippen molar-refractivity contribution in [2.45, 2.75) is 41.5 Å². The molecule has 0 saturated heterocycles. The first kappa shape index (κ1) is 12.9. The van der Waals surface area contributed by atoms with Crippen LogP contribution in [-0.4, -0.2) is 0 Å². The monoisotopic (exact) mass is 238 g/mol. The van der Waals surface area contributed by atoms with Gasteiger partial charge in [0.25, 0.3) is 0 Å². The largest absolute Gasteiger partial charge is 0.0590 e. The summed E-state index contributed by atoms with van der Waals surface area (Å²) < 4.78 is 0. The van der Waals surface area contributed by atoms with E-state index in [9.17, 15) is 0 Å². The summed E-state index contributed by atoms with van der Waals surface area (Å²) in [4.78, 5) is 0. The number of benzene rings is 2. The molecule has 0 unspecified atom stereocenters. The Labute approximate surface area is 111 Å². The molecule has 0 fully saturated rings. The van der Waals surface area contributed by atoms with Crippen molar-refractivity contribution in [1.82, 2.24) is 0 Å². The molecule has 94 valence electrons. The third kappa shape index (κ3) is 2.08. The highest BCUT2D eigenvalue weighted by atomic mass is 14.2. The lowest BCUT2D eigenvalue weighted by Crippen LogP contribution is -1.97. The normalized spacial score (nSPS) is 10.8. The Morgan fingerprint density at radius 2 is 1.17 bits per heavy atom. The molecule has 0 aromatic heterocycles. The van der Waals surface area contributed by atoms with E-state index >= 15 is 0 Å². The van der Waals surface area contributed by atoms with Gasteiger partial charge in [-0.25, -0.2) is 0 Å². The molecule has 0 heterocycles. The van der Waals surface area contributed by atoms with Crippen LogP contribution in [-0.2, 0) is 0 Å². The predicted octanol–water partition coefficient (Wildman–Crippen LogP) is 5.20. The molecule has 0 aliphatic carbocycles. The minimum atomic E-state index is 1.33. The summed E-state index contributed by atoms with van der Waals surface area (Å²) in [5.74, 6) is 0. The maximum absolute atomic E-state index is 2.31. The molecule has 0 atom stereocenters. The molecule has 0 bridgehead atoms. The summed E-state index contributed by atoms with van der Waals surface area (Å²) in [5, 5.41) is 0. The third-order valence-electron chi connectivity index (χ3n) is 4.03. The van der Waals surface area contributed by atoms with E-state index in [1.165, 1.54) is 44.5 Å². The average molecular weight is 238 g/mol. The number of aryl methyl sites for hydroxylation is 4. The first-order valence-corrected chi connectivity index (χ1v) is 6.57. The summed E-state index contributed by atoms with van der Waals surface area (Å²) in [6, 6.07) is 9.01. The topological polar surface area (TPSA) is 0 Å². The molecular weight excluding hydrogens is 216 g/mol. The molecule has 18 heavy (non-hydrogen) atoms. The lowest BCUT2D eigenvalue weighted by molar-refractivity contribution is 1.23. The number of hydrogen-bond donors (Lipinski definition) is 0. The highest BCUT2D eigenvalue weighted by Gasteiger charge is 2.12. The van der Waals surface area contributed by atoms with Crippen molar-refractivity contribution in [3.05, 3.63) is 57.6 Å². The van der Waals surface area contributed by atoms with E-state index in [0.717, 1.165) is 0 Å². The van der Waals surface area contributed by atoms with Crippen LogP contribution in [0.25, 0.3) is 11.1 Å². The highest BCUT2D eigenvalue weighted by Crippen LogP contribution is 2.33. The van der Waals surface area contributed by atoms with Crippen LogP contribution in [0.15, 0.2) is 24.3 Å². The average Bonchev–Trinajstić information content (AvgIpc) is 2.31. The molecule has 0 heteroatoms. The van der Waals surface area contributed by atoms with Crippen LogP contribution < -0.4 is 0 Å². The van der Waals surface area contributed by atoms with E-state index in [2.05, 4.69) is 65.8 Å². The Bertz CT molecular complexity index is 578. The second kappa shape index (κ2) is 4.61. The van der Waals surface area contributed by atoms with Gasteiger partial charge in [-0.15, -0.1) is 0 Å². The molecule has 2 aromatic carbocycles. The molecular formula is C18H22. The van der Waals surface area contributed by atoms with Crippen LogP contribution in [0.3, 0.4) is 0 Å². The summed E-state index contributed by atoms with van der Waals surface area (Å²) in [6.07, 6.45) is 0. The predicted molar refractivity (Wildman–Crippen MR) is 80.3 cm³/mol. The molecule has 2 rings (SSSR count). The van der Waals surface area contributed by atoms with Crippen LogP contribution in [0.5, 0.6) is 0 Å². The van der Waals surface area contributed by atoms with Crippen molar-refractivity contribution in [3.8, 4) is 11.1 Å². The fourth-order valence-electron chi connectivity index (χ4n) is 2.63. The quantitative estimate of drug-likeness (QED) is 0.640. The standard InChI is InChI=1S/C18H22/c1-11-7-8-12(2)17(9-11)18-15(5)13(3)10-14(4)16(18)6/h7-10H,1-6H3. The zero-order chi connectivity index (χ0) is 13.4. The molecule has 0 radical (unpaired) electrons. The Kier molecular flexibility index (Phi) is 3.30. The Hall–Kier alpha value is -1.56. The Morgan fingerprint density at radius 1 is 0.611 bits per heavy atom. The van der Waals surface area contributed by atoms with E-state index in [-0.39, 0.29) is 0 Å². The first-order valence-electron chi connectivity index (χ1n) is 6.57. The van der Waals surface area contributed by atoms with Crippen LogP contribution in [0, 0.1) is 41.5 Å². The van der Waals surface area contributed by atoms with E-state index in [1.54, 1.807) is 0 Å². The van der Waals surface area contributed by atoms with Gasteiger partial charge in [0.1, 0.15) is 0 Å². The fraction of sp³-hybridized carbons (Fsp3) is 0.333. The van der Waals surface area contributed by atoms with Gasteiger partial charge in [-0.2, -0.15) is 0 Å². The number of hydrogen-bond acceptors (Lipinski definition) is 0. The molecule has 0 aliphatic heterocycles.